The van der Waals surface area contributed by atoms with E-state index in [4.69, 9.17) is 4.74 Å². The van der Waals surface area contributed by atoms with Gasteiger partial charge in [0.25, 0.3) is 11.8 Å². The highest BCUT2D eigenvalue weighted by molar-refractivity contribution is 6.06. The summed E-state index contributed by atoms with van der Waals surface area (Å²) in [5.74, 6) is 0.354. The van der Waals surface area contributed by atoms with Gasteiger partial charge in [-0.1, -0.05) is 24.3 Å². The second kappa shape index (κ2) is 5.33. The molecule has 0 aromatic heterocycles. The van der Waals surface area contributed by atoms with E-state index in [1.807, 2.05) is 31.2 Å². The van der Waals surface area contributed by atoms with Gasteiger partial charge >= 0.3 is 0 Å². The first-order valence-electron chi connectivity index (χ1n) is 8.02. The molecule has 0 spiro atoms. The molecule has 1 aromatic carbocycles. The maximum atomic E-state index is 12.5. The summed E-state index contributed by atoms with van der Waals surface area (Å²) in [4.78, 5) is 25.1. The van der Waals surface area contributed by atoms with Gasteiger partial charge in [0, 0.05) is 5.56 Å². The number of carbonyl (C=O) groups excluding carboxylic acids is 2. The zero-order valence-electron chi connectivity index (χ0n) is 12.9. The average molecular weight is 310 g/mol. The van der Waals surface area contributed by atoms with Crippen LogP contribution in [-0.2, 0) is 9.59 Å². The summed E-state index contributed by atoms with van der Waals surface area (Å²) < 4.78 is 5.53. The van der Waals surface area contributed by atoms with Gasteiger partial charge in [0.2, 0.25) is 0 Å². The maximum Gasteiger partial charge on any atom is 0.254 e. The van der Waals surface area contributed by atoms with Gasteiger partial charge in [-0.25, -0.2) is 0 Å². The highest BCUT2D eigenvalue weighted by Gasteiger charge is 2.59. The molecule has 1 saturated heterocycles. The van der Waals surface area contributed by atoms with Crippen LogP contribution in [0.3, 0.4) is 0 Å². The van der Waals surface area contributed by atoms with Crippen LogP contribution in [0.4, 0.5) is 0 Å². The third kappa shape index (κ3) is 2.11. The minimum absolute atomic E-state index is 0.165. The lowest BCUT2D eigenvalue weighted by Gasteiger charge is -2.13. The fourth-order valence-electron chi connectivity index (χ4n) is 3.99. The predicted molar refractivity (Wildman–Crippen MR) is 84.8 cm³/mol. The van der Waals surface area contributed by atoms with E-state index in [2.05, 4.69) is 17.3 Å². The molecule has 2 bridgehead atoms. The Morgan fingerprint density at radius 2 is 1.83 bits per heavy atom. The summed E-state index contributed by atoms with van der Waals surface area (Å²) in [6.45, 7) is 2.46. The number of rotatable bonds is 4. The molecular weight excluding hydrogens is 292 g/mol. The van der Waals surface area contributed by atoms with E-state index >= 15 is 0 Å². The number of carbonyl (C=O) groups is 2. The fourth-order valence-corrected chi connectivity index (χ4v) is 3.99. The molecule has 1 aliphatic heterocycles. The Morgan fingerprint density at radius 3 is 2.48 bits per heavy atom. The van der Waals surface area contributed by atoms with Crippen molar-refractivity contribution in [2.45, 2.75) is 13.3 Å². The molecule has 3 aliphatic rings. The molecule has 0 radical (unpaired) electrons. The summed E-state index contributed by atoms with van der Waals surface area (Å²) >= 11 is 0. The van der Waals surface area contributed by atoms with E-state index in [1.54, 1.807) is 0 Å². The van der Waals surface area contributed by atoms with Crippen molar-refractivity contribution in [1.29, 1.82) is 0 Å². The van der Waals surface area contributed by atoms with E-state index in [-0.39, 0.29) is 35.5 Å². The van der Waals surface area contributed by atoms with Crippen LogP contribution < -0.4 is 4.74 Å². The molecule has 2 amide bonds. The molecular formula is C18H18N2O3. The van der Waals surface area contributed by atoms with Crippen LogP contribution in [0.15, 0.2) is 41.5 Å². The van der Waals surface area contributed by atoms with Crippen LogP contribution in [0, 0.1) is 23.7 Å². The molecule has 5 nitrogen and oxygen atoms in total. The fraction of sp³-hybridized carbons (Fsp3) is 0.389. The average Bonchev–Trinajstić information content (AvgIpc) is 3.22. The topological polar surface area (TPSA) is 59.0 Å². The lowest BCUT2D eigenvalue weighted by molar-refractivity contribution is -0.140. The maximum absolute atomic E-state index is 12.5. The van der Waals surface area contributed by atoms with Crippen LogP contribution in [0.25, 0.3) is 0 Å². The van der Waals surface area contributed by atoms with Crippen molar-refractivity contribution in [1.82, 2.24) is 5.01 Å². The summed E-state index contributed by atoms with van der Waals surface area (Å²) in [6.07, 6.45) is 6.62. The first kappa shape index (κ1) is 14.2. The van der Waals surface area contributed by atoms with E-state index in [1.165, 1.54) is 6.21 Å². The lowest BCUT2D eigenvalue weighted by Crippen LogP contribution is -2.28. The number of imide groups is 1. The normalized spacial score (nSPS) is 31.4. The Labute approximate surface area is 134 Å². The van der Waals surface area contributed by atoms with Crippen LogP contribution in [0.1, 0.15) is 18.9 Å². The van der Waals surface area contributed by atoms with E-state index in [9.17, 15) is 9.59 Å². The number of ether oxygens (including phenoxy) is 1. The number of para-hydroxylation sites is 1. The third-order valence-electron chi connectivity index (χ3n) is 4.98. The Bertz CT molecular complexity index is 695. The first-order valence-corrected chi connectivity index (χ1v) is 8.02. The summed E-state index contributed by atoms with van der Waals surface area (Å²) in [6, 6.07) is 7.45. The standard InChI is InChI=1S/C18H18N2O3/c1-2-23-14-6-4-3-5-13(14)10-19-20-17(21)15-11-7-8-12(9-11)16(15)18(20)22/h3-8,10-12,15-16H,2,9H2,1H3/b19-10-/t11-,12-,15+,16+/m0/s1. The van der Waals surface area contributed by atoms with Crippen LogP contribution in [-0.4, -0.2) is 29.6 Å². The summed E-state index contributed by atoms with van der Waals surface area (Å²) in [5.41, 5.74) is 0.758. The summed E-state index contributed by atoms with van der Waals surface area (Å²) in [7, 11) is 0. The number of hydrogen-bond donors (Lipinski definition) is 0. The Kier molecular flexibility index (Phi) is 3.29. The Hall–Kier alpha value is -2.43. The van der Waals surface area contributed by atoms with Gasteiger partial charge < -0.3 is 4.74 Å². The van der Waals surface area contributed by atoms with Crippen molar-refractivity contribution in [2.24, 2.45) is 28.8 Å². The summed E-state index contributed by atoms with van der Waals surface area (Å²) in [5, 5.41) is 5.24. The molecule has 23 heavy (non-hydrogen) atoms. The number of benzene rings is 1. The van der Waals surface area contributed by atoms with Gasteiger partial charge in [0.15, 0.2) is 0 Å². The Balaban J connectivity index is 1.58. The molecule has 0 unspecified atom stereocenters. The first-order chi connectivity index (χ1) is 11.2. The second-order valence-corrected chi connectivity index (χ2v) is 6.20. The number of hydrazone groups is 1. The number of nitrogens with zero attached hydrogens (tertiary/aromatic N) is 2. The minimum Gasteiger partial charge on any atom is -0.493 e. The molecule has 2 aliphatic carbocycles. The molecule has 0 N–H and O–H groups in total. The van der Waals surface area contributed by atoms with Crippen molar-refractivity contribution >= 4 is 18.0 Å². The molecule has 2 fully saturated rings. The molecule has 118 valence electrons. The van der Waals surface area contributed by atoms with Crippen LogP contribution in [0.2, 0.25) is 0 Å². The van der Waals surface area contributed by atoms with E-state index < -0.39 is 0 Å². The van der Waals surface area contributed by atoms with Gasteiger partial charge in [0.05, 0.1) is 24.7 Å². The van der Waals surface area contributed by atoms with Gasteiger partial charge in [-0.3, -0.25) is 9.59 Å². The SMILES string of the molecule is CCOc1ccccc1/C=N\N1C(=O)[C@H]2[C@H](C1=O)[C@H]1C=C[C@H]2C1. The van der Waals surface area contributed by atoms with Crippen molar-refractivity contribution in [3.05, 3.63) is 42.0 Å². The zero-order valence-corrected chi connectivity index (χ0v) is 12.9. The molecule has 5 heteroatoms. The molecule has 1 aromatic rings. The lowest BCUT2D eigenvalue weighted by atomic mass is 9.85. The van der Waals surface area contributed by atoms with Gasteiger partial charge in [0.1, 0.15) is 5.75 Å². The van der Waals surface area contributed by atoms with Gasteiger partial charge in [-0.2, -0.15) is 10.1 Å². The van der Waals surface area contributed by atoms with Gasteiger partial charge in [-0.15, -0.1) is 0 Å². The molecule has 1 saturated carbocycles. The van der Waals surface area contributed by atoms with Crippen molar-refractivity contribution < 1.29 is 14.3 Å². The highest BCUT2D eigenvalue weighted by Crippen LogP contribution is 2.52. The molecule has 4 atom stereocenters. The number of hydrogen-bond acceptors (Lipinski definition) is 4. The number of fused-ring (bicyclic) bond motifs is 5. The zero-order chi connectivity index (χ0) is 16.0. The monoisotopic (exact) mass is 310 g/mol. The number of amides is 2. The van der Waals surface area contributed by atoms with Gasteiger partial charge in [-0.05, 0) is 37.3 Å². The van der Waals surface area contributed by atoms with Crippen molar-refractivity contribution in [3.63, 3.8) is 0 Å². The molecule has 1 heterocycles. The Morgan fingerprint density at radius 1 is 1.17 bits per heavy atom. The van der Waals surface area contributed by atoms with E-state index in [0.29, 0.717) is 12.4 Å². The largest absolute Gasteiger partial charge is 0.493 e. The van der Waals surface area contributed by atoms with Crippen LogP contribution >= 0.6 is 0 Å². The third-order valence-corrected chi connectivity index (χ3v) is 4.98. The predicted octanol–water partition coefficient (Wildman–Crippen LogP) is 2.23. The smallest absolute Gasteiger partial charge is 0.254 e. The van der Waals surface area contributed by atoms with E-state index in [0.717, 1.165) is 17.0 Å². The number of allylic oxidation sites excluding steroid dienone is 2. The second-order valence-electron chi connectivity index (χ2n) is 6.20. The van der Waals surface area contributed by atoms with Crippen LogP contribution in [0.5, 0.6) is 5.75 Å². The highest BCUT2D eigenvalue weighted by atomic mass is 16.5. The molecule has 4 rings (SSSR count). The van der Waals surface area contributed by atoms with Crippen molar-refractivity contribution in [2.75, 3.05) is 6.61 Å². The quantitative estimate of drug-likeness (QED) is 0.487. The van der Waals surface area contributed by atoms with Crippen molar-refractivity contribution in [3.8, 4) is 5.75 Å². The minimum atomic E-state index is -0.211.